The Labute approximate surface area is 205 Å². The molecule has 0 saturated heterocycles. The number of nitriles is 1. The maximum atomic E-state index is 12.8. The topological polar surface area (TPSA) is 96.3 Å². The van der Waals surface area contributed by atoms with Crippen molar-refractivity contribution in [2.75, 3.05) is 5.32 Å². The molecule has 0 radical (unpaired) electrons. The highest BCUT2D eigenvalue weighted by Gasteiger charge is 2.20. The van der Waals surface area contributed by atoms with Crippen molar-refractivity contribution in [2.24, 2.45) is 0 Å². The fraction of sp³-hybridized carbons (Fsp3) is 0.0833. The third-order valence-corrected chi connectivity index (χ3v) is 6.79. The van der Waals surface area contributed by atoms with E-state index in [1.165, 1.54) is 36.4 Å². The third-order valence-electron chi connectivity index (χ3n) is 4.79. The zero-order valence-electron chi connectivity index (χ0n) is 17.6. The number of benzene rings is 3. The van der Waals surface area contributed by atoms with Gasteiger partial charge in [-0.15, -0.1) is 0 Å². The first-order chi connectivity index (χ1) is 15.6. The number of amides is 1. The molecule has 0 bridgehead atoms. The highest BCUT2D eigenvalue weighted by molar-refractivity contribution is 9.10. The molecule has 0 unspecified atom stereocenters. The molecule has 0 fully saturated rings. The van der Waals surface area contributed by atoms with Gasteiger partial charge in [-0.05, 0) is 79.6 Å². The second kappa shape index (κ2) is 10.2. The maximum Gasteiger partial charge on any atom is 0.339 e. The van der Waals surface area contributed by atoms with Crippen molar-refractivity contribution in [1.82, 2.24) is 0 Å². The highest BCUT2D eigenvalue weighted by atomic mass is 79.9. The van der Waals surface area contributed by atoms with Crippen LogP contribution in [0.4, 0.5) is 5.69 Å². The first kappa shape index (κ1) is 24.5. The molecule has 6 nitrogen and oxygen atoms in total. The molecule has 168 valence electrons. The van der Waals surface area contributed by atoms with E-state index in [2.05, 4.69) is 21.2 Å². The molecular formula is C24H18BrClN2O4S. The van der Waals surface area contributed by atoms with Crippen molar-refractivity contribution < 1.29 is 17.4 Å². The lowest BCUT2D eigenvalue weighted by Crippen LogP contribution is -2.15. The molecule has 0 atom stereocenters. The first-order valence-corrected chi connectivity index (χ1v) is 12.2. The normalized spacial score (nSPS) is 11.5. The van der Waals surface area contributed by atoms with Crippen LogP contribution in [0.15, 0.2) is 75.6 Å². The molecule has 0 saturated carbocycles. The predicted molar refractivity (Wildman–Crippen MR) is 132 cm³/mol. The van der Waals surface area contributed by atoms with E-state index < -0.39 is 16.0 Å². The minimum atomic E-state index is -4.17. The summed E-state index contributed by atoms with van der Waals surface area (Å²) in [6.07, 6.45) is 1.28. The van der Waals surface area contributed by atoms with Gasteiger partial charge in [-0.1, -0.05) is 39.7 Å². The largest absolute Gasteiger partial charge is 0.378 e. The molecule has 0 aromatic heterocycles. The van der Waals surface area contributed by atoms with Crippen molar-refractivity contribution in [2.45, 2.75) is 18.7 Å². The van der Waals surface area contributed by atoms with Crippen molar-refractivity contribution in [3.8, 4) is 11.8 Å². The average Bonchev–Trinajstić information content (AvgIpc) is 2.77. The molecule has 1 N–H and O–H groups in total. The third kappa shape index (κ3) is 6.02. The number of hydrogen-bond donors (Lipinski definition) is 1. The van der Waals surface area contributed by atoms with Crippen molar-refractivity contribution in [1.29, 1.82) is 5.26 Å². The molecule has 0 spiro atoms. The van der Waals surface area contributed by atoms with Gasteiger partial charge >= 0.3 is 10.1 Å². The number of aryl methyl sites for hydroxylation is 1. The quantitative estimate of drug-likeness (QED) is 0.232. The summed E-state index contributed by atoms with van der Waals surface area (Å²) < 4.78 is 31.3. The van der Waals surface area contributed by atoms with Crippen LogP contribution in [-0.4, -0.2) is 14.3 Å². The maximum absolute atomic E-state index is 12.8. The van der Waals surface area contributed by atoms with E-state index in [9.17, 15) is 18.5 Å². The van der Waals surface area contributed by atoms with Crippen LogP contribution in [-0.2, 0) is 14.9 Å². The number of carbonyl (C=O) groups excluding carboxylic acids is 1. The van der Waals surface area contributed by atoms with Crippen molar-refractivity contribution in [3.05, 3.63) is 92.4 Å². The molecule has 3 aromatic carbocycles. The summed E-state index contributed by atoms with van der Waals surface area (Å²) in [5.74, 6) is -0.668. The summed E-state index contributed by atoms with van der Waals surface area (Å²) in [4.78, 5) is 12.7. The minimum absolute atomic E-state index is 0.0413. The SMILES string of the molecule is Cc1cccc(NC(=O)/C(C#N)=C/c2cc(Br)ccc2OS(=O)(=O)c2ccc(Cl)cc2)c1C. The molecule has 0 aliphatic rings. The Hall–Kier alpha value is -3.12. The second-order valence-electron chi connectivity index (χ2n) is 7.04. The molecule has 0 aliphatic carbocycles. The van der Waals surface area contributed by atoms with Crippen LogP contribution in [0.25, 0.3) is 6.08 Å². The van der Waals surface area contributed by atoms with Crippen LogP contribution in [0.1, 0.15) is 16.7 Å². The molecule has 3 aromatic rings. The number of rotatable bonds is 6. The van der Waals surface area contributed by atoms with Gasteiger partial charge in [0.15, 0.2) is 0 Å². The van der Waals surface area contributed by atoms with Crippen LogP contribution in [0.5, 0.6) is 5.75 Å². The number of anilines is 1. The number of hydrogen-bond acceptors (Lipinski definition) is 5. The summed E-state index contributed by atoms with van der Waals surface area (Å²) in [5.41, 5.74) is 2.46. The molecule has 0 aliphatic heterocycles. The Bertz CT molecular complexity index is 1390. The lowest BCUT2D eigenvalue weighted by molar-refractivity contribution is -0.112. The Morgan fingerprint density at radius 2 is 1.82 bits per heavy atom. The number of carbonyl (C=O) groups is 1. The monoisotopic (exact) mass is 544 g/mol. The second-order valence-corrected chi connectivity index (χ2v) is 9.94. The molecule has 1 amide bonds. The zero-order valence-corrected chi connectivity index (χ0v) is 20.8. The average molecular weight is 546 g/mol. The van der Waals surface area contributed by atoms with Crippen molar-refractivity contribution in [3.63, 3.8) is 0 Å². The zero-order chi connectivity index (χ0) is 24.2. The summed E-state index contributed by atoms with van der Waals surface area (Å²) in [5, 5.41) is 12.7. The van der Waals surface area contributed by atoms with Crippen LogP contribution >= 0.6 is 27.5 Å². The van der Waals surface area contributed by atoms with Gasteiger partial charge < -0.3 is 9.50 Å². The van der Waals surface area contributed by atoms with E-state index in [4.69, 9.17) is 15.8 Å². The van der Waals surface area contributed by atoms with Gasteiger partial charge in [0.1, 0.15) is 22.3 Å². The van der Waals surface area contributed by atoms with Gasteiger partial charge in [-0.25, -0.2) is 0 Å². The standard InChI is InChI=1S/C24H18BrClN2O4S/c1-15-4-3-5-22(16(15)2)28-24(29)18(14-27)12-17-13-19(25)6-11-23(17)32-33(30,31)21-9-7-20(26)8-10-21/h3-13H,1-2H3,(H,28,29)/b18-12+. The lowest BCUT2D eigenvalue weighted by atomic mass is 10.1. The van der Waals surface area contributed by atoms with E-state index >= 15 is 0 Å². The minimum Gasteiger partial charge on any atom is -0.378 e. The fourth-order valence-corrected chi connectivity index (χ4v) is 4.31. The number of halogens is 2. The van der Waals surface area contributed by atoms with E-state index in [1.54, 1.807) is 24.3 Å². The van der Waals surface area contributed by atoms with Gasteiger partial charge in [0.2, 0.25) is 0 Å². The highest BCUT2D eigenvalue weighted by Crippen LogP contribution is 2.29. The molecular weight excluding hydrogens is 528 g/mol. The molecule has 33 heavy (non-hydrogen) atoms. The van der Waals surface area contributed by atoms with Gasteiger partial charge in [-0.3, -0.25) is 4.79 Å². The van der Waals surface area contributed by atoms with Crippen LogP contribution in [0, 0.1) is 25.2 Å². The molecule has 9 heteroatoms. The summed E-state index contributed by atoms with van der Waals surface area (Å²) in [7, 11) is -4.17. The number of nitrogens with zero attached hydrogens (tertiary/aromatic N) is 1. The van der Waals surface area contributed by atoms with Crippen LogP contribution < -0.4 is 9.50 Å². The van der Waals surface area contributed by atoms with Crippen LogP contribution in [0.2, 0.25) is 5.02 Å². The van der Waals surface area contributed by atoms with Crippen molar-refractivity contribution >= 4 is 55.3 Å². The van der Waals surface area contributed by atoms with Crippen LogP contribution in [0.3, 0.4) is 0 Å². The predicted octanol–water partition coefficient (Wildman–Crippen LogP) is 6.03. The Balaban J connectivity index is 1.95. The molecule has 3 rings (SSSR count). The molecule has 0 heterocycles. The fourth-order valence-electron chi connectivity index (χ4n) is 2.86. The smallest absolute Gasteiger partial charge is 0.339 e. The van der Waals surface area contributed by atoms with Gasteiger partial charge in [0.25, 0.3) is 5.91 Å². The van der Waals surface area contributed by atoms with E-state index in [0.29, 0.717) is 15.2 Å². The Morgan fingerprint density at radius 1 is 1.12 bits per heavy atom. The van der Waals surface area contributed by atoms with Gasteiger partial charge in [-0.2, -0.15) is 13.7 Å². The van der Waals surface area contributed by atoms with Gasteiger partial charge in [0.05, 0.1) is 0 Å². The first-order valence-electron chi connectivity index (χ1n) is 9.59. The Morgan fingerprint density at radius 3 is 2.48 bits per heavy atom. The van der Waals surface area contributed by atoms with Gasteiger partial charge in [0, 0.05) is 20.7 Å². The number of nitrogens with one attached hydrogen (secondary N) is 1. The summed E-state index contributed by atoms with van der Waals surface area (Å²) >= 11 is 9.14. The Kier molecular flexibility index (Phi) is 7.59. The van der Waals surface area contributed by atoms with E-state index in [0.717, 1.165) is 11.1 Å². The summed E-state index contributed by atoms with van der Waals surface area (Å²) in [6.45, 7) is 3.78. The lowest BCUT2D eigenvalue weighted by Gasteiger charge is -2.12. The summed E-state index contributed by atoms with van der Waals surface area (Å²) in [6, 6.07) is 17.4. The van der Waals surface area contributed by atoms with E-state index in [1.807, 2.05) is 26.0 Å². The van der Waals surface area contributed by atoms with E-state index in [-0.39, 0.29) is 21.8 Å².